The lowest BCUT2D eigenvalue weighted by Crippen LogP contribution is -2.05. The van der Waals surface area contributed by atoms with E-state index >= 15 is 0 Å². The number of carbonyl (C=O) groups is 3. The SMILES string of the molecule is COC(=O)c1ccc(C(C)=O)c(C=O)c1. The molecule has 1 aromatic carbocycles. The molecule has 4 nitrogen and oxygen atoms in total. The molecule has 78 valence electrons. The van der Waals surface area contributed by atoms with Crippen molar-refractivity contribution < 1.29 is 19.1 Å². The van der Waals surface area contributed by atoms with Crippen LogP contribution in [0.2, 0.25) is 0 Å². The molecule has 0 unspecified atom stereocenters. The van der Waals surface area contributed by atoms with Crippen LogP contribution in [-0.4, -0.2) is 25.1 Å². The molecule has 0 spiro atoms. The predicted octanol–water partition coefficient (Wildman–Crippen LogP) is 1.49. The van der Waals surface area contributed by atoms with Gasteiger partial charge in [0.1, 0.15) is 0 Å². The fourth-order valence-electron chi connectivity index (χ4n) is 1.23. The minimum absolute atomic E-state index is 0.199. The Kier molecular flexibility index (Phi) is 3.33. The molecular weight excluding hydrogens is 196 g/mol. The van der Waals surface area contributed by atoms with Gasteiger partial charge in [0, 0.05) is 11.1 Å². The van der Waals surface area contributed by atoms with Gasteiger partial charge >= 0.3 is 5.97 Å². The average molecular weight is 206 g/mol. The van der Waals surface area contributed by atoms with E-state index < -0.39 is 5.97 Å². The van der Waals surface area contributed by atoms with Gasteiger partial charge in [0.05, 0.1) is 12.7 Å². The largest absolute Gasteiger partial charge is 0.465 e. The monoisotopic (exact) mass is 206 g/mol. The Hall–Kier alpha value is -1.97. The van der Waals surface area contributed by atoms with Crippen LogP contribution in [0.1, 0.15) is 38.0 Å². The van der Waals surface area contributed by atoms with Gasteiger partial charge in [-0.2, -0.15) is 0 Å². The van der Waals surface area contributed by atoms with Crippen molar-refractivity contribution in [2.45, 2.75) is 6.92 Å². The quantitative estimate of drug-likeness (QED) is 0.427. The lowest BCUT2D eigenvalue weighted by Gasteiger charge is -2.03. The number of hydrogen-bond acceptors (Lipinski definition) is 4. The lowest BCUT2D eigenvalue weighted by molar-refractivity contribution is 0.0600. The summed E-state index contributed by atoms with van der Waals surface area (Å²) in [5.41, 5.74) is 0.757. The minimum atomic E-state index is -0.534. The van der Waals surface area contributed by atoms with Crippen molar-refractivity contribution in [3.05, 3.63) is 34.9 Å². The van der Waals surface area contributed by atoms with E-state index in [0.29, 0.717) is 11.8 Å². The third kappa shape index (κ3) is 2.28. The van der Waals surface area contributed by atoms with Crippen LogP contribution in [0.5, 0.6) is 0 Å². The molecule has 0 bridgehead atoms. The van der Waals surface area contributed by atoms with Crippen LogP contribution < -0.4 is 0 Å². The minimum Gasteiger partial charge on any atom is -0.465 e. The Balaban J connectivity index is 3.24. The van der Waals surface area contributed by atoms with E-state index in [4.69, 9.17) is 0 Å². The second-order valence-electron chi connectivity index (χ2n) is 2.97. The summed E-state index contributed by atoms with van der Waals surface area (Å²) in [6.07, 6.45) is 0.545. The zero-order valence-corrected chi connectivity index (χ0v) is 8.44. The van der Waals surface area contributed by atoms with Gasteiger partial charge in [0.15, 0.2) is 12.1 Å². The summed E-state index contributed by atoms with van der Waals surface area (Å²) in [4.78, 5) is 32.9. The van der Waals surface area contributed by atoms with Crippen molar-refractivity contribution in [2.24, 2.45) is 0 Å². The van der Waals surface area contributed by atoms with E-state index in [-0.39, 0.29) is 16.9 Å². The van der Waals surface area contributed by atoms with Gasteiger partial charge in [0.2, 0.25) is 0 Å². The van der Waals surface area contributed by atoms with Crippen molar-refractivity contribution in [2.75, 3.05) is 7.11 Å². The van der Waals surface area contributed by atoms with Crippen LogP contribution in [0.3, 0.4) is 0 Å². The second kappa shape index (κ2) is 4.50. The van der Waals surface area contributed by atoms with Gasteiger partial charge < -0.3 is 4.74 Å². The summed E-state index contributed by atoms with van der Waals surface area (Å²) in [6.45, 7) is 1.36. The first-order chi connectivity index (χ1) is 7.10. The molecule has 1 rings (SSSR count). The average Bonchev–Trinajstić information content (AvgIpc) is 2.26. The first-order valence-electron chi connectivity index (χ1n) is 4.28. The molecular formula is C11H10O4. The number of methoxy groups -OCH3 is 1. The molecule has 0 aromatic heterocycles. The molecule has 0 N–H and O–H groups in total. The highest BCUT2D eigenvalue weighted by molar-refractivity contribution is 6.03. The number of rotatable bonds is 3. The summed E-state index contributed by atoms with van der Waals surface area (Å²) < 4.78 is 4.50. The maximum atomic E-state index is 11.1. The molecule has 1 aromatic rings. The van der Waals surface area contributed by atoms with E-state index in [1.807, 2.05) is 0 Å². The zero-order valence-electron chi connectivity index (χ0n) is 8.44. The molecule has 0 saturated carbocycles. The van der Waals surface area contributed by atoms with E-state index in [1.54, 1.807) is 0 Å². The molecule has 4 heteroatoms. The lowest BCUT2D eigenvalue weighted by atomic mass is 10.0. The maximum absolute atomic E-state index is 11.1. The van der Waals surface area contributed by atoms with Crippen LogP contribution in [0.25, 0.3) is 0 Å². The van der Waals surface area contributed by atoms with Crippen molar-refractivity contribution >= 4 is 18.0 Å². The first-order valence-corrected chi connectivity index (χ1v) is 4.28. The van der Waals surface area contributed by atoms with Crippen LogP contribution >= 0.6 is 0 Å². The van der Waals surface area contributed by atoms with E-state index in [1.165, 1.54) is 32.2 Å². The number of benzene rings is 1. The van der Waals surface area contributed by atoms with Crippen LogP contribution in [0, 0.1) is 0 Å². The van der Waals surface area contributed by atoms with Crippen molar-refractivity contribution in [3.63, 3.8) is 0 Å². The predicted molar refractivity (Wildman–Crippen MR) is 53.2 cm³/mol. The fourth-order valence-corrected chi connectivity index (χ4v) is 1.23. The van der Waals surface area contributed by atoms with Crippen molar-refractivity contribution in [1.29, 1.82) is 0 Å². The number of ketones is 1. The summed E-state index contributed by atoms with van der Waals surface area (Å²) >= 11 is 0. The summed E-state index contributed by atoms with van der Waals surface area (Å²) in [5, 5.41) is 0. The molecule has 0 atom stereocenters. The molecule has 0 aliphatic rings. The maximum Gasteiger partial charge on any atom is 0.337 e. The van der Waals surface area contributed by atoms with Crippen molar-refractivity contribution in [1.82, 2.24) is 0 Å². The molecule has 0 aliphatic carbocycles. The number of hydrogen-bond donors (Lipinski definition) is 0. The Morgan fingerprint density at radius 1 is 1.33 bits per heavy atom. The van der Waals surface area contributed by atoms with Gasteiger partial charge in [-0.3, -0.25) is 9.59 Å². The van der Waals surface area contributed by atoms with Crippen LogP contribution in [0.4, 0.5) is 0 Å². The molecule has 0 amide bonds. The number of ether oxygens (including phenoxy) is 1. The summed E-state index contributed by atoms with van der Waals surface area (Å²) in [7, 11) is 1.25. The molecule has 0 fully saturated rings. The molecule has 15 heavy (non-hydrogen) atoms. The molecule has 0 aliphatic heterocycles. The zero-order chi connectivity index (χ0) is 11.4. The third-order valence-electron chi connectivity index (χ3n) is 1.98. The molecule has 0 saturated heterocycles. The Morgan fingerprint density at radius 2 is 2.00 bits per heavy atom. The highest BCUT2D eigenvalue weighted by atomic mass is 16.5. The second-order valence-corrected chi connectivity index (χ2v) is 2.97. The normalized spacial score (nSPS) is 9.47. The highest BCUT2D eigenvalue weighted by Crippen LogP contribution is 2.11. The molecule has 0 radical (unpaired) electrons. The summed E-state index contributed by atoms with van der Waals surface area (Å²) in [6, 6.07) is 4.24. The van der Waals surface area contributed by atoms with Gasteiger partial charge in [0.25, 0.3) is 0 Å². The number of aldehydes is 1. The van der Waals surface area contributed by atoms with E-state index in [2.05, 4.69) is 4.74 Å². The smallest absolute Gasteiger partial charge is 0.337 e. The topological polar surface area (TPSA) is 60.4 Å². The van der Waals surface area contributed by atoms with E-state index in [9.17, 15) is 14.4 Å². The fraction of sp³-hybridized carbons (Fsp3) is 0.182. The first kappa shape index (κ1) is 11.1. The Labute approximate surface area is 86.9 Å². The van der Waals surface area contributed by atoms with Gasteiger partial charge in [-0.15, -0.1) is 0 Å². The number of carbonyl (C=O) groups excluding carboxylic acids is 3. The van der Waals surface area contributed by atoms with Gasteiger partial charge in [-0.1, -0.05) is 0 Å². The number of Topliss-reactive ketones (excluding diaryl/α,β-unsaturated/α-hetero) is 1. The highest BCUT2D eigenvalue weighted by Gasteiger charge is 2.11. The summed E-state index contributed by atoms with van der Waals surface area (Å²) in [5.74, 6) is -0.748. The third-order valence-corrected chi connectivity index (χ3v) is 1.98. The molecule has 0 heterocycles. The van der Waals surface area contributed by atoms with Crippen LogP contribution in [0.15, 0.2) is 18.2 Å². The Morgan fingerprint density at radius 3 is 2.47 bits per heavy atom. The standard InChI is InChI=1S/C11H10O4/c1-7(13)10-4-3-8(11(14)15-2)5-9(10)6-12/h3-6H,1-2H3. The number of esters is 1. The van der Waals surface area contributed by atoms with Crippen molar-refractivity contribution in [3.8, 4) is 0 Å². The van der Waals surface area contributed by atoms with Gasteiger partial charge in [-0.05, 0) is 25.1 Å². The van der Waals surface area contributed by atoms with Gasteiger partial charge in [-0.25, -0.2) is 4.79 Å². The van der Waals surface area contributed by atoms with E-state index in [0.717, 1.165) is 0 Å². The van der Waals surface area contributed by atoms with Crippen LogP contribution in [-0.2, 0) is 4.74 Å². The Bertz CT molecular complexity index is 421.